The predicted octanol–water partition coefficient (Wildman–Crippen LogP) is 1.19. The van der Waals surface area contributed by atoms with Gasteiger partial charge in [0.25, 0.3) is 0 Å². The average molecular weight is 381 g/mol. The van der Waals surface area contributed by atoms with Gasteiger partial charge < -0.3 is 19.4 Å². The molecule has 0 bridgehead atoms. The van der Waals surface area contributed by atoms with Crippen molar-refractivity contribution in [1.82, 2.24) is 15.1 Å². The Kier molecular flexibility index (Phi) is 5.10. The molecule has 28 heavy (non-hydrogen) atoms. The van der Waals surface area contributed by atoms with Crippen molar-refractivity contribution in [2.75, 3.05) is 49.6 Å². The van der Waals surface area contributed by atoms with Gasteiger partial charge in [0, 0.05) is 57.1 Å². The highest BCUT2D eigenvalue weighted by Gasteiger charge is 2.38. The number of amides is 2. The smallest absolute Gasteiger partial charge is 0.228 e. The Labute approximate surface area is 163 Å². The van der Waals surface area contributed by atoms with Crippen molar-refractivity contribution in [1.29, 1.82) is 0 Å². The van der Waals surface area contributed by atoms with Crippen LogP contribution in [0.2, 0.25) is 0 Å². The molecule has 1 unspecified atom stereocenters. The van der Waals surface area contributed by atoms with E-state index in [4.69, 9.17) is 4.74 Å². The maximum atomic E-state index is 13.0. The summed E-state index contributed by atoms with van der Waals surface area (Å²) in [6, 6.07) is 11.2. The first kappa shape index (κ1) is 18.2. The van der Waals surface area contributed by atoms with E-state index in [1.54, 1.807) is 18.2 Å². The first-order valence-electron chi connectivity index (χ1n) is 9.41. The van der Waals surface area contributed by atoms with Gasteiger partial charge in [-0.05, 0) is 24.3 Å². The third-order valence-electron chi connectivity index (χ3n) is 5.31. The Morgan fingerprint density at radius 2 is 1.96 bits per heavy atom. The first-order valence-corrected chi connectivity index (χ1v) is 9.41. The lowest BCUT2D eigenvalue weighted by molar-refractivity contribution is -0.136. The molecule has 2 amide bonds. The van der Waals surface area contributed by atoms with Crippen molar-refractivity contribution in [3.05, 3.63) is 42.6 Å². The van der Waals surface area contributed by atoms with Crippen LogP contribution in [0.5, 0.6) is 5.75 Å². The monoisotopic (exact) mass is 381 g/mol. The van der Waals surface area contributed by atoms with Crippen LogP contribution in [-0.4, -0.2) is 66.7 Å². The van der Waals surface area contributed by atoms with Crippen LogP contribution >= 0.6 is 0 Å². The number of nitrogens with zero attached hydrogens (tertiary/aromatic N) is 5. The summed E-state index contributed by atoms with van der Waals surface area (Å²) in [5.41, 5.74) is 0.770. The van der Waals surface area contributed by atoms with Crippen LogP contribution in [0.1, 0.15) is 6.42 Å². The summed E-state index contributed by atoms with van der Waals surface area (Å²) in [4.78, 5) is 31.1. The Morgan fingerprint density at radius 3 is 2.68 bits per heavy atom. The second-order valence-electron chi connectivity index (χ2n) is 7.00. The largest absolute Gasteiger partial charge is 0.497 e. The van der Waals surface area contributed by atoms with Crippen LogP contribution in [0.15, 0.2) is 42.6 Å². The number of hydrogen-bond acceptors (Lipinski definition) is 6. The topological polar surface area (TPSA) is 78.9 Å². The molecule has 2 fully saturated rings. The molecular formula is C20H23N5O3. The van der Waals surface area contributed by atoms with E-state index in [1.807, 2.05) is 41.3 Å². The fourth-order valence-electron chi connectivity index (χ4n) is 3.78. The number of anilines is 2. The van der Waals surface area contributed by atoms with Gasteiger partial charge in [-0.3, -0.25) is 9.59 Å². The molecule has 8 nitrogen and oxygen atoms in total. The van der Waals surface area contributed by atoms with Crippen molar-refractivity contribution in [3.63, 3.8) is 0 Å². The van der Waals surface area contributed by atoms with E-state index in [2.05, 4.69) is 15.1 Å². The number of rotatable bonds is 4. The number of piperazine rings is 1. The SMILES string of the molecule is COc1cccc(N2CC(C(=O)N3CCN(c4cccnn4)CC3)CC2=O)c1. The van der Waals surface area contributed by atoms with E-state index in [1.165, 1.54) is 0 Å². The van der Waals surface area contributed by atoms with Crippen molar-refractivity contribution >= 4 is 23.3 Å². The number of methoxy groups -OCH3 is 1. The molecule has 0 spiro atoms. The summed E-state index contributed by atoms with van der Waals surface area (Å²) in [6.07, 6.45) is 1.90. The summed E-state index contributed by atoms with van der Waals surface area (Å²) in [6.45, 7) is 3.09. The zero-order valence-electron chi connectivity index (χ0n) is 15.8. The highest BCUT2D eigenvalue weighted by molar-refractivity contribution is 6.00. The summed E-state index contributed by atoms with van der Waals surface area (Å²) < 4.78 is 5.24. The van der Waals surface area contributed by atoms with E-state index in [-0.39, 0.29) is 24.2 Å². The molecule has 2 aliphatic heterocycles. The molecule has 1 atom stereocenters. The molecular weight excluding hydrogens is 358 g/mol. The third kappa shape index (κ3) is 3.62. The molecule has 8 heteroatoms. The molecule has 1 aromatic carbocycles. The van der Waals surface area contributed by atoms with Gasteiger partial charge >= 0.3 is 0 Å². The zero-order chi connectivity index (χ0) is 19.5. The molecule has 0 saturated carbocycles. The van der Waals surface area contributed by atoms with Gasteiger partial charge in [-0.2, -0.15) is 5.10 Å². The maximum absolute atomic E-state index is 13.0. The first-order chi connectivity index (χ1) is 13.7. The van der Waals surface area contributed by atoms with Gasteiger partial charge in [-0.1, -0.05) is 6.07 Å². The summed E-state index contributed by atoms with van der Waals surface area (Å²) >= 11 is 0. The van der Waals surface area contributed by atoms with Crippen LogP contribution in [0.3, 0.4) is 0 Å². The molecule has 146 valence electrons. The summed E-state index contributed by atoms with van der Waals surface area (Å²) in [7, 11) is 1.60. The lowest BCUT2D eigenvalue weighted by Gasteiger charge is -2.36. The van der Waals surface area contributed by atoms with E-state index < -0.39 is 0 Å². The van der Waals surface area contributed by atoms with Crippen LogP contribution in [0, 0.1) is 5.92 Å². The second-order valence-corrected chi connectivity index (χ2v) is 7.00. The molecule has 3 heterocycles. The van der Waals surface area contributed by atoms with Gasteiger partial charge in [0.15, 0.2) is 5.82 Å². The minimum atomic E-state index is -0.304. The lowest BCUT2D eigenvalue weighted by Crippen LogP contribution is -2.51. The lowest BCUT2D eigenvalue weighted by atomic mass is 10.1. The predicted molar refractivity (Wildman–Crippen MR) is 104 cm³/mol. The maximum Gasteiger partial charge on any atom is 0.228 e. The Bertz CT molecular complexity index is 852. The summed E-state index contributed by atoms with van der Waals surface area (Å²) in [5.74, 6) is 1.25. The molecule has 2 aliphatic rings. The third-order valence-corrected chi connectivity index (χ3v) is 5.31. The van der Waals surface area contributed by atoms with Gasteiger partial charge in [0.05, 0.1) is 13.0 Å². The van der Waals surface area contributed by atoms with E-state index in [0.29, 0.717) is 38.5 Å². The Hall–Kier alpha value is -3.16. The number of carbonyl (C=O) groups is 2. The van der Waals surface area contributed by atoms with Crippen LogP contribution in [-0.2, 0) is 9.59 Å². The number of hydrogen-bond donors (Lipinski definition) is 0. The Balaban J connectivity index is 1.37. The standard InChI is InChI=1S/C20H23N5O3/c1-28-17-5-2-4-16(13-17)25-14-15(12-19(25)26)20(27)24-10-8-23(9-11-24)18-6-3-7-21-22-18/h2-7,13,15H,8-12,14H2,1H3. The molecule has 4 rings (SSSR count). The van der Waals surface area contributed by atoms with E-state index >= 15 is 0 Å². The second kappa shape index (κ2) is 7.84. The number of aromatic nitrogens is 2. The van der Waals surface area contributed by atoms with E-state index in [9.17, 15) is 9.59 Å². The van der Waals surface area contributed by atoms with Gasteiger partial charge in [0.1, 0.15) is 5.75 Å². The highest BCUT2D eigenvalue weighted by atomic mass is 16.5. The molecule has 1 aromatic heterocycles. The number of ether oxygens (including phenoxy) is 1. The summed E-state index contributed by atoms with van der Waals surface area (Å²) in [5, 5.41) is 8.04. The van der Waals surface area contributed by atoms with Crippen molar-refractivity contribution in [2.45, 2.75) is 6.42 Å². The van der Waals surface area contributed by atoms with Crippen molar-refractivity contribution in [2.24, 2.45) is 5.92 Å². The van der Waals surface area contributed by atoms with Gasteiger partial charge in [0.2, 0.25) is 11.8 Å². The van der Waals surface area contributed by atoms with Crippen molar-refractivity contribution < 1.29 is 14.3 Å². The van der Waals surface area contributed by atoms with Crippen LogP contribution < -0.4 is 14.5 Å². The average Bonchev–Trinajstić information content (AvgIpc) is 3.15. The molecule has 0 N–H and O–H groups in total. The highest BCUT2D eigenvalue weighted by Crippen LogP contribution is 2.29. The van der Waals surface area contributed by atoms with Crippen molar-refractivity contribution in [3.8, 4) is 5.75 Å². The van der Waals surface area contributed by atoms with Crippen LogP contribution in [0.25, 0.3) is 0 Å². The zero-order valence-corrected chi connectivity index (χ0v) is 15.8. The number of benzene rings is 1. The fourth-order valence-corrected chi connectivity index (χ4v) is 3.78. The van der Waals surface area contributed by atoms with Gasteiger partial charge in [-0.15, -0.1) is 5.10 Å². The normalized spacial score (nSPS) is 19.8. The molecule has 2 saturated heterocycles. The molecule has 0 radical (unpaired) electrons. The minimum Gasteiger partial charge on any atom is -0.497 e. The van der Waals surface area contributed by atoms with E-state index in [0.717, 1.165) is 11.5 Å². The van der Waals surface area contributed by atoms with Gasteiger partial charge in [-0.25, -0.2) is 0 Å². The molecule has 0 aliphatic carbocycles. The van der Waals surface area contributed by atoms with Crippen LogP contribution in [0.4, 0.5) is 11.5 Å². The quantitative estimate of drug-likeness (QED) is 0.792. The molecule has 2 aromatic rings. The Morgan fingerprint density at radius 1 is 1.14 bits per heavy atom. The fraction of sp³-hybridized carbons (Fsp3) is 0.400. The minimum absolute atomic E-state index is 0.0233. The number of carbonyl (C=O) groups excluding carboxylic acids is 2.